The molecule has 418 valence electrons. The molecule has 0 bridgehead atoms. The summed E-state index contributed by atoms with van der Waals surface area (Å²) in [7, 11) is 3.28. The SMILES string of the molecule is CON1C(C)(C)CC(OC(=O)CCC(=O)Nc2cc3c(cc2C2=C([O-])/C(=c4/cc5c(cc4NC(=O)CCC(=O)OC4CC(C)(C)N(OC)C(C)(C)C4)=[N+](C(C)C)C(C)C5(C)C)C2=O)C(C)(C)C(C)N3C(C)C)CC1(C)C. The Balaban J connectivity index is 1.23. The van der Waals surface area contributed by atoms with E-state index in [-0.39, 0.29) is 84.6 Å². The first kappa shape index (κ1) is 58.5. The van der Waals surface area contributed by atoms with E-state index in [1.807, 2.05) is 89.8 Å². The van der Waals surface area contributed by atoms with Crippen LogP contribution in [-0.4, -0.2) is 112 Å². The van der Waals surface area contributed by atoms with E-state index in [4.69, 9.17) is 19.1 Å². The van der Waals surface area contributed by atoms with Crippen LogP contribution in [0.15, 0.2) is 30.0 Å². The van der Waals surface area contributed by atoms with Gasteiger partial charge in [-0.25, -0.2) is 4.58 Å². The molecule has 0 spiro atoms. The van der Waals surface area contributed by atoms with Crippen LogP contribution in [0.5, 0.6) is 0 Å². The van der Waals surface area contributed by atoms with E-state index in [1.165, 1.54) is 0 Å². The molecule has 16 nitrogen and oxygen atoms in total. The fourth-order valence-corrected chi connectivity index (χ4v) is 14.0. The summed E-state index contributed by atoms with van der Waals surface area (Å²) in [4.78, 5) is 83.5. The van der Waals surface area contributed by atoms with Crippen molar-refractivity contribution in [1.29, 1.82) is 0 Å². The lowest BCUT2D eigenvalue weighted by Gasteiger charge is -2.52. The van der Waals surface area contributed by atoms with E-state index in [1.54, 1.807) is 14.2 Å². The number of allylic oxidation sites excluding steroid dienone is 2. The number of ketones is 1. The number of Topliss-reactive ketones (excluding diaryl/α,β-unsaturated/α-hetero) is 1. The van der Waals surface area contributed by atoms with E-state index in [0.29, 0.717) is 36.5 Å². The molecule has 2 saturated heterocycles. The number of amides is 2. The van der Waals surface area contributed by atoms with Crippen molar-refractivity contribution in [3.63, 3.8) is 0 Å². The van der Waals surface area contributed by atoms with Gasteiger partial charge in [-0.15, -0.1) is 0 Å². The van der Waals surface area contributed by atoms with Gasteiger partial charge in [-0.05, 0) is 135 Å². The predicted molar refractivity (Wildman–Crippen MR) is 294 cm³/mol. The Morgan fingerprint density at radius 1 is 0.645 bits per heavy atom. The van der Waals surface area contributed by atoms with Crippen LogP contribution in [0.4, 0.5) is 17.1 Å². The summed E-state index contributed by atoms with van der Waals surface area (Å²) < 4.78 is 14.2. The summed E-state index contributed by atoms with van der Waals surface area (Å²) in [6.45, 7) is 37.6. The van der Waals surface area contributed by atoms with Gasteiger partial charge < -0.3 is 39.8 Å². The Bertz CT molecular complexity index is 2820. The van der Waals surface area contributed by atoms with Gasteiger partial charge in [-0.1, -0.05) is 19.6 Å². The van der Waals surface area contributed by atoms with E-state index in [9.17, 15) is 19.2 Å². The first-order chi connectivity index (χ1) is 35.0. The molecule has 2 amide bonds. The Hall–Kier alpha value is -5.16. The molecule has 2 aromatic carbocycles. The van der Waals surface area contributed by atoms with Crippen LogP contribution in [-0.2, 0) is 54.0 Å². The largest absolute Gasteiger partial charge is 0.871 e. The number of esters is 2. The number of carbonyl (C=O) groups is 5. The molecular weight excluding hydrogens is 965 g/mol. The lowest BCUT2D eigenvalue weighted by atomic mass is 9.76. The number of nitrogens with one attached hydrogen (secondary N) is 2. The molecule has 16 heteroatoms. The molecular formula is C60H88N6O10. The molecule has 0 aromatic heterocycles. The van der Waals surface area contributed by atoms with Gasteiger partial charge in [0.15, 0.2) is 11.8 Å². The Morgan fingerprint density at radius 2 is 1.11 bits per heavy atom. The van der Waals surface area contributed by atoms with Gasteiger partial charge in [-0.3, -0.25) is 24.0 Å². The summed E-state index contributed by atoms with van der Waals surface area (Å²) in [5.41, 5.74) is 1.02. The van der Waals surface area contributed by atoms with Crippen LogP contribution in [0, 0.1) is 0 Å². The topological polar surface area (TPSA) is 182 Å². The number of hydroxylamine groups is 4. The highest BCUT2D eigenvalue weighted by Crippen LogP contribution is 2.51. The monoisotopic (exact) mass is 1050 g/mol. The minimum Gasteiger partial charge on any atom is -0.871 e. The van der Waals surface area contributed by atoms with E-state index in [2.05, 4.69) is 89.3 Å². The summed E-state index contributed by atoms with van der Waals surface area (Å²) in [5, 5.41) is 26.1. The molecule has 2 fully saturated rings. The Labute approximate surface area is 451 Å². The normalized spacial score (nSPS) is 24.4. The highest BCUT2D eigenvalue weighted by atomic mass is 16.7. The maximum atomic E-state index is 15.0. The molecule has 4 heterocycles. The number of fused-ring (bicyclic) bond motifs is 2. The smallest absolute Gasteiger partial charge is 0.306 e. The Kier molecular flexibility index (Phi) is 15.8. The second-order valence-corrected chi connectivity index (χ2v) is 26.4. The van der Waals surface area contributed by atoms with Crippen LogP contribution in [0.1, 0.15) is 193 Å². The van der Waals surface area contributed by atoms with Crippen molar-refractivity contribution in [3.05, 3.63) is 57.3 Å². The first-order valence-corrected chi connectivity index (χ1v) is 27.5. The molecule has 2 N–H and O–H groups in total. The summed E-state index contributed by atoms with van der Waals surface area (Å²) in [6.07, 6.45) is 0.747. The van der Waals surface area contributed by atoms with E-state index < -0.39 is 68.3 Å². The third-order valence-corrected chi connectivity index (χ3v) is 17.4. The quantitative estimate of drug-likeness (QED) is 0.134. The second kappa shape index (κ2) is 20.6. The van der Waals surface area contributed by atoms with Crippen LogP contribution < -0.4 is 35.8 Å². The number of nitrogens with zero attached hydrogens (tertiary/aromatic N) is 4. The van der Waals surface area contributed by atoms with Gasteiger partial charge in [-0.2, -0.15) is 10.1 Å². The number of rotatable bonds is 15. The van der Waals surface area contributed by atoms with Crippen LogP contribution in [0.25, 0.3) is 11.1 Å². The van der Waals surface area contributed by atoms with E-state index >= 15 is 9.90 Å². The van der Waals surface area contributed by atoms with Gasteiger partial charge >= 0.3 is 11.9 Å². The zero-order valence-electron chi connectivity index (χ0n) is 49.3. The third-order valence-electron chi connectivity index (χ3n) is 17.4. The van der Waals surface area contributed by atoms with Crippen molar-refractivity contribution in [1.82, 2.24) is 14.7 Å². The summed E-state index contributed by atoms with van der Waals surface area (Å²) in [6, 6.07) is 7.68. The molecule has 1 aliphatic carbocycles. The second-order valence-electron chi connectivity index (χ2n) is 26.4. The first-order valence-electron chi connectivity index (χ1n) is 27.5. The zero-order chi connectivity index (χ0) is 56.7. The van der Waals surface area contributed by atoms with Crippen LogP contribution >= 0.6 is 0 Å². The predicted octanol–water partition coefficient (Wildman–Crippen LogP) is 7.36. The maximum Gasteiger partial charge on any atom is 0.306 e. The fourth-order valence-electron chi connectivity index (χ4n) is 14.0. The number of hydrogen-bond acceptors (Lipinski definition) is 13. The molecule has 2 unspecified atom stereocenters. The molecule has 7 rings (SSSR count). The number of benzene rings is 2. The van der Waals surface area contributed by atoms with Crippen molar-refractivity contribution in [2.45, 2.75) is 245 Å². The highest BCUT2D eigenvalue weighted by Gasteiger charge is 2.50. The lowest BCUT2D eigenvalue weighted by Crippen LogP contribution is -2.61. The average molecular weight is 1050 g/mol. The molecule has 5 aliphatic rings. The molecule has 4 aliphatic heterocycles. The maximum absolute atomic E-state index is 15.0. The molecule has 0 radical (unpaired) electrons. The fraction of sp³-hybridized carbons (Fsp3) is 0.667. The number of piperidine rings is 2. The molecule has 76 heavy (non-hydrogen) atoms. The number of hydrogen-bond donors (Lipinski definition) is 2. The van der Waals surface area contributed by atoms with Crippen molar-refractivity contribution in [2.75, 3.05) is 29.8 Å². The summed E-state index contributed by atoms with van der Waals surface area (Å²) >= 11 is 0. The minimum atomic E-state index is -0.520. The number of ether oxygens (including phenoxy) is 2. The van der Waals surface area contributed by atoms with Gasteiger partial charge in [0.25, 0.3) is 0 Å². The molecule has 0 saturated carbocycles. The van der Waals surface area contributed by atoms with Crippen molar-refractivity contribution in [3.8, 4) is 0 Å². The summed E-state index contributed by atoms with van der Waals surface area (Å²) in [5.74, 6) is -2.97. The van der Waals surface area contributed by atoms with Crippen molar-refractivity contribution >= 4 is 57.7 Å². The average Bonchev–Trinajstić information content (AvgIpc) is 3.59. The number of anilines is 3. The highest BCUT2D eigenvalue weighted by molar-refractivity contribution is 6.52. The minimum absolute atomic E-state index is 0.0331. The molecule has 2 aromatic rings. The van der Waals surface area contributed by atoms with Gasteiger partial charge in [0, 0.05) is 117 Å². The number of carbonyl (C=O) groups excluding carboxylic acids is 5. The van der Waals surface area contributed by atoms with Gasteiger partial charge in [0.1, 0.15) is 18.2 Å². The Morgan fingerprint density at radius 3 is 1.53 bits per heavy atom. The van der Waals surface area contributed by atoms with Gasteiger partial charge in [0.05, 0.1) is 43.9 Å². The van der Waals surface area contributed by atoms with Crippen LogP contribution in [0.2, 0.25) is 0 Å². The van der Waals surface area contributed by atoms with E-state index in [0.717, 1.165) is 22.2 Å². The van der Waals surface area contributed by atoms with Gasteiger partial charge in [0.2, 0.25) is 17.2 Å². The van der Waals surface area contributed by atoms with Crippen LogP contribution in [0.3, 0.4) is 0 Å². The third kappa shape index (κ3) is 10.6. The zero-order valence-corrected chi connectivity index (χ0v) is 49.3. The van der Waals surface area contributed by atoms with Crippen molar-refractivity contribution in [2.24, 2.45) is 0 Å². The lowest BCUT2D eigenvalue weighted by molar-refractivity contribution is -0.293. The standard InChI is InChI=1S/C60H88N6O10/c1-33(2)63-35(5)59(15,16)41-25-39(43(27-45(41)63)61-47(67)21-23-49(69)75-37-29-55(7,8)65(73-19)56(9,10)30-37)51-53(71)52(54(51)72)40-26-42-46(64(34(3)4)36(6)60(42,17)18)28-44(40)62-48(68)22-24-50(70)76-38-31-57(11,12)66(74-20)58(13,14)32-38/h25-28,33-38H,21-24,29-32H2,1-20H3,(H2,61,62,67,68,71,72). The van der Waals surface area contributed by atoms with Crippen molar-refractivity contribution < 1.29 is 48.2 Å². The molecule has 2 atom stereocenters.